The number of anilines is 1. The van der Waals surface area contributed by atoms with Gasteiger partial charge < -0.3 is 15.0 Å². The third-order valence-electron chi connectivity index (χ3n) is 2.89. The second-order valence-corrected chi connectivity index (χ2v) is 4.99. The number of rotatable bonds is 5. The molecule has 1 aliphatic heterocycles. The highest BCUT2D eigenvalue weighted by atomic mass is 16.5. The van der Waals surface area contributed by atoms with Crippen LogP contribution >= 0.6 is 0 Å². The topological polar surface area (TPSA) is 50.3 Å². The molecule has 5 nitrogen and oxygen atoms in total. The van der Waals surface area contributed by atoms with E-state index < -0.39 is 0 Å². The van der Waals surface area contributed by atoms with Crippen molar-refractivity contribution in [1.82, 2.24) is 15.3 Å². The molecule has 0 radical (unpaired) electrons. The first-order valence-electron chi connectivity index (χ1n) is 6.60. The number of nitrogens with zero attached hydrogens (tertiary/aromatic N) is 3. The molecule has 2 heterocycles. The molecule has 0 bridgehead atoms. The zero-order chi connectivity index (χ0) is 12.8. The molecule has 2 rings (SSSR count). The molecule has 0 aliphatic carbocycles. The molecule has 5 heteroatoms. The van der Waals surface area contributed by atoms with Gasteiger partial charge in [-0.15, -0.1) is 0 Å². The number of nitrogens with one attached hydrogen (secondary N) is 1. The van der Waals surface area contributed by atoms with Crippen molar-refractivity contribution >= 4 is 5.82 Å². The van der Waals surface area contributed by atoms with E-state index in [9.17, 15) is 0 Å². The highest BCUT2D eigenvalue weighted by Crippen LogP contribution is 2.10. The lowest BCUT2D eigenvalue weighted by Gasteiger charge is -2.27. The highest BCUT2D eigenvalue weighted by Gasteiger charge is 2.12. The number of hydrogen-bond acceptors (Lipinski definition) is 5. The Labute approximate surface area is 109 Å². The minimum Gasteiger partial charge on any atom is -0.378 e. The van der Waals surface area contributed by atoms with Gasteiger partial charge in [0.15, 0.2) is 0 Å². The van der Waals surface area contributed by atoms with Gasteiger partial charge in [-0.2, -0.15) is 0 Å². The molecule has 1 aliphatic rings. The normalized spacial score (nSPS) is 16.3. The lowest BCUT2D eigenvalue weighted by atomic mass is 10.2. The van der Waals surface area contributed by atoms with Crippen molar-refractivity contribution in [3.8, 4) is 0 Å². The minimum absolute atomic E-state index is 0.658. The Morgan fingerprint density at radius 2 is 2.06 bits per heavy atom. The fourth-order valence-electron chi connectivity index (χ4n) is 1.88. The first kappa shape index (κ1) is 13.2. The fourth-order valence-corrected chi connectivity index (χ4v) is 1.88. The van der Waals surface area contributed by atoms with Crippen molar-refractivity contribution in [1.29, 1.82) is 0 Å². The summed E-state index contributed by atoms with van der Waals surface area (Å²) in [6.07, 6.45) is 3.72. The molecular formula is C13H22N4O. The molecule has 1 fully saturated rings. The Morgan fingerprint density at radius 3 is 2.67 bits per heavy atom. The molecule has 0 atom stereocenters. The summed E-state index contributed by atoms with van der Waals surface area (Å²) in [4.78, 5) is 11.1. The van der Waals surface area contributed by atoms with E-state index in [2.05, 4.69) is 34.0 Å². The monoisotopic (exact) mass is 250 g/mol. The second-order valence-electron chi connectivity index (χ2n) is 4.99. The Kier molecular flexibility index (Phi) is 4.90. The van der Waals surface area contributed by atoms with Gasteiger partial charge >= 0.3 is 0 Å². The van der Waals surface area contributed by atoms with Crippen LogP contribution in [0.15, 0.2) is 12.4 Å². The highest BCUT2D eigenvalue weighted by molar-refractivity contribution is 5.36. The number of morpholine rings is 1. The fraction of sp³-hybridized carbons (Fsp3) is 0.692. The predicted octanol–water partition coefficient (Wildman–Crippen LogP) is 1.06. The van der Waals surface area contributed by atoms with Gasteiger partial charge in [-0.3, -0.25) is 4.98 Å². The second kappa shape index (κ2) is 6.66. The van der Waals surface area contributed by atoms with E-state index in [0.717, 1.165) is 50.9 Å². The molecule has 1 aromatic heterocycles. The molecule has 0 spiro atoms. The first-order chi connectivity index (χ1) is 8.75. The van der Waals surface area contributed by atoms with Gasteiger partial charge in [-0.05, 0) is 12.5 Å². The summed E-state index contributed by atoms with van der Waals surface area (Å²) in [5.74, 6) is 1.61. The Balaban J connectivity index is 1.84. The third kappa shape index (κ3) is 3.92. The average Bonchev–Trinajstić information content (AvgIpc) is 2.40. The SMILES string of the molecule is CC(C)CNCc1cnc(N2CCOCC2)cn1. The van der Waals surface area contributed by atoms with E-state index in [1.54, 1.807) is 0 Å². The van der Waals surface area contributed by atoms with Crippen molar-refractivity contribution in [2.45, 2.75) is 20.4 Å². The zero-order valence-electron chi connectivity index (χ0n) is 11.2. The van der Waals surface area contributed by atoms with E-state index in [4.69, 9.17) is 4.74 Å². The van der Waals surface area contributed by atoms with E-state index >= 15 is 0 Å². The van der Waals surface area contributed by atoms with Crippen molar-refractivity contribution < 1.29 is 4.74 Å². The smallest absolute Gasteiger partial charge is 0.147 e. The average molecular weight is 250 g/mol. The molecule has 0 unspecified atom stereocenters. The standard InChI is InChI=1S/C13H22N4O/c1-11(2)7-14-8-12-9-16-13(10-15-12)17-3-5-18-6-4-17/h9-11,14H,3-8H2,1-2H3. The van der Waals surface area contributed by atoms with Crippen LogP contribution in [0.2, 0.25) is 0 Å². The van der Waals surface area contributed by atoms with Crippen LogP contribution in [0.4, 0.5) is 5.82 Å². The van der Waals surface area contributed by atoms with Crippen LogP contribution in [0.25, 0.3) is 0 Å². The van der Waals surface area contributed by atoms with Crippen molar-refractivity contribution in [2.75, 3.05) is 37.7 Å². The Morgan fingerprint density at radius 1 is 1.28 bits per heavy atom. The molecule has 1 saturated heterocycles. The van der Waals surface area contributed by atoms with Gasteiger partial charge in [0.25, 0.3) is 0 Å². The minimum atomic E-state index is 0.658. The Hall–Kier alpha value is -1.20. The van der Waals surface area contributed by atoms with Crippen LogP contribution in [0.5, 0.6) is 0 Å². The maximum atomic E-state index is 5.32. The first-order valence-corrected chi connectivity index (χ1v) is 6.60. The van der Waals surface area contributed by atoms with Gasteiger partial charge in [-0.1, -0.05) is 13.8 Å². The van der Waals surface area contributed by atoms with E-state index in [0.29, 0.717) is 5.92 Å². The summed E-state index contributed by atoms with van der Waals surface area (Å²) in [5, 5.41) is 3.36. The molecule has 100 valence electrons. The summed E-state index contributed by atoms with van der Waals surface area (Å²) < 4.78 is 5.32. The van der Waals surface area contributed by atoms with Crippen LogP contribution in [0.1, 0.15) is 19.5 Å². The van der Waals surface area contributed by atoms with Crippen LogP contribution in [-0.2, 0) is 11.3 Å². The number of hydrogen-bond donors (Lipinski definition) is 1. The van der Waals surface area contributed by atoms with Crippen LogP contribution in [0.3, 0.4) is 0 Å². The largest absolute Gasteiger partial charge is 0.378 e. The summed E-state index contributed by atoms with van der Waals surface area (Å²) in [6, 6.07) is 0. The molecular weight excluding hydrogens is 228 g/mol. The van der Waals surface area contributed by atoms with Crippen LogP contribution < -0.4 is 10.2 Å². The quantitative estimate of drug-likeness (QED) is 0.847. The lowest BCUT2D eigenvalue weighted by Crippen LogP contribution is -2.36. The predicted molar refractivity (Wildman–Crippen MR) is 71.6 cm³/mol. The van der Waals surface area contributed by atoms with E-state index in [-0.39, 0.29) is 0 Å². The van der Waals surface area contributed by atoms with E-state index in [1.165, 1.54) is 0 Å². The molecule has 0 saturated carbocycles. The summed E-state index contributed by atoms with van der Waals surface area (Å²) >= 11 is 0. The Bertz CT molecular complexity index is 347. The molecule has 1 aromatic rings. The summed E-state index contributed by atoms with van der Waals surface area (Å²) in [7, 11) is 0. The van der Waals surface area contributed by atoms with Gasteiger partial charge in [0.1, 0.15) is 5.82 Å². The van der Waals surface area contributed by atoms with E-state index in [1.807, 2.05) is 12.4 Å². The van der Waals surface area contributed by atoms with Gasteiger partial charge in [0.2, 0.25) is 0 Å². The molecule has 18 heavy (non-hydrogen) atoms. The third-order valence-corrected chi connectivity index (χ3v) is 2.89. The van der Waals surface area contributed by atoms with Crippen LogP contribution in [-0.4, -0.2) is 42.8 Å². The zero-order valence-corrected chi connectivity index (χ0v) is 11.2. The lowest BCUT2D eigenvalue weighted by molar-refractivity contribution is 0.122. The summed E-state index contributed by atoms with van der Waals surface area (Å²) in [6.45, 7) is 9.54. The number of aromatic nitrogens is 2. The van der Waals surface area contributed by atoms with Crippen molar-refractivity contribution in [3.63, 3.8) is 0 Å². The van der Waals surface area contributed by atoms with Gasteiger partial charge in [-0.25, -0.2) is 4.98 Å². The molecule has 0 amide bonds. The maximum absolute atomic E-state index is 5.32. The van der Waals surface area contributed by atoms with Crippen molar-refractivity contribution in [3.05, 3.63) is 18.1 Å². The number of ether oxygens (including phenoxy) is 1. The maximum Gasteiger partial charge on any atom is 0.147 e. The van der Waals surface area contributed by atoms with Crippen LogP contribution in [0, 0.1) is 5.92 Å². The van der Waals surface area contributed by atoms with Crippen molar-refractivity contribution in [2.24, 2.45) is 5.92 Å². The molecule has 1 N–H and O–H groups in total. The molecule has 0 aromatic carbocycles. The van der Waals surface area contributed by atoms with Gasteiger partial charge in [0.05, 0.1) is 31.3 Å². The van der Waals surface area contributed by atoms with Gasteiger partial charge in [0, 0.05) is 19.6 Å². The summed E-state index contributed by atoms with van der Waals surface area (Å²) in [5.41, 5.74) is 0.993.